The number of hydrogen-bond donors (Lipinski definition) is 1. The van der Waals surface area contributed by atoms with Crippen LogP contribution in [-0.2, 0) is 11.3 Å². The first-order chi connectivity index (χ1) is 11.5. The van der Waals surface area contributed by atoms with Gasteiger partial charge in [0.2, 0.25) is 0 Å². The zero-order valence-electron chi connectivity index (χ0n) is 13.3. The zero-order valence-corrected chi connectivity index (χ0v) is 14.1. The number of carbonyl (C=O) groups is 1. The third-order valence-electron chi connectivity index (χ3n) is 3.83. The predicted molar refractivity (Wildman–Crippen MR) is 92.9 cm³/mol. The van der Waals surface area contributed by atoms with Gasteiger partial charge in [-0.25, -0.2) is 4.98 Å². The van der Waals surface area contributed by atoms with E-state index in [0.29, 0.717) is 16.0 Å². The largest absolute Gasteiger partial charge is 0.497 e. The Hall–Kier alpha value is -2.67. The van der Waals surface area contributed by atoms with Crippen LogP contribution in [0.1, 0.15) is 12.2 Å². The van der Waals surface area contributed by atoms with E-state index in [2.05, 4.69) is 4.98 Å². The van der Waals surface area contributed by atoms with Crippen molar-refractivity contribution in [2.45, 2.75) is 19.9 Å². The van der Waals surface area contributed by atoms with Gasteiger partial charge >= 0.3 is 5.97 Å². The van der Waals surface area contributed by atoms with Gasteiger partial charge in [0.25, 0.3) is 5.56 Å². The minimum atomic E-state index is -0.943. The fraction of sp³-hybridized carbons (Fsp3) is 0.235. The van der Waals surface area contributed by atoms with Crippen molar-refractivity contribution in [3.8, 4) is 16.9 Å². The van der Waals surface area contributed by atoms with Crippen LogP contribution < -0.4 is 10.3 Å². The minimum Gasteiger partial charge on any atom is -0.497 e. The van der Waals surface area contributed by atoms with Gasteiger partial charge in [0, 0.05) is 17.5 Å². The van der Waals surface area contributed by atoms with Crippen LogP contribution in [-0.4, -0.2) is 27.7 Å². The number of benzene rings is 1. The van der Waals surface area contributed by atoms with Crippen molar-refractivity contribution in [3.63, 3.8) is 0 Å². The van der Waals surface area contributed by atoms with Crippen LogP contribution in [0.4, 0.5) is 0 Å². The number of aryl methyl sites for hydroxylation is 1. The third kappa shape index (κ3) is 2.90. The van der Waals surface area contributed by atoms with E-state index in [1.54, 1.807) is 14.0 Å². The lowest BCUT2D eigenvalue weighted by Crippen LogP contribution is -2.24. The zero-order chi connectivity index (χ0) is 17.3. The summed E-state index contributed by atoms with van der Waals surface area (Å²) < 4.78 is 6.58. The maximum atomic E-state index is 12.9. The Morgan fingerprint density at radius 3 is 2.67 bits per heavy atom. The molecule has 0 aliphatic heterocycles. The predicted octanol–water partition coefficient (Wildman–Crippen LogP) is 2.92. The van der Waals surface area contributed by atoms with Crippen molar-refractivity contribution < 1.29 is 14.6 Å². The molecule has 3 aromatic rings. The van der Waals surface area contributed by atoms with Crippen molar-refractivity contribution in [1.82, 2.24) is 9.55 Å². The second kappa shape index (κ2) is 6.45. The van der Waals surface area contributed by atoms with Gasteiger partial charge in [0.05, 0.1) is 18.9 Å². The van der Waals surface area contributed by atoms with E-state index in [-0.39, 0.29) is 18.5 Å². The Kier molecular flexibility index (Phi) is 4.35. The Labute approximate surface area is 142 Å². The molecule has 1 aromatic carbocycles. The molecule has 0 fully saturated rings. The number of nitrogens with zero attached hydrogens (tertiary/aromatic N) is 2. The SMILES string of the molecule is COc1ccc(-c2csc3nc(C)n(CCC(=O)O)c(=O)c23)cc1. The molecular weight excluding hydrogens is 328 g/mol. The topological polar surface area (TPSA) is 81.4 Å². The summed E-state index contributed by atoms with van der Waals surface area (Å²) in [5.74, 6) is 0.324. The molecule has 0 aliphatic rings. The fourth-order valence-electron chi connectivity index (χ4n) is 2.58. The van der Waals surface area contributed by atoms with Crippen molar-refractivity contribution >= 4 is 27.5 Å². The van der Waals surface area contributed by atoms with Crippen molar-refractivity contribution in [2.24, 2.45) is 0 Å². The van der Waals surface area contributed by atoms with Crippen LogP contribution in [0.2, 0.25) is 0 Å². The molecule has 124 valence electrons. The molecule has 0 amide bonds. The number of hydrogen-bond acceptors (Lipinski definition) is 5. The fourth-order valence-corrected chi connectivity index (χ4v) is 3.56. The van der Waals surface area contributed by atoms with Crippen LogP contribution in [0.3, 0.4) is 0 Å². The standard InChI is InChI=1S/C17H16N2O4S/c1-10-18-16-15(17(22)19(10)8-7-14(20)21)13(9-24-16)11-3-5-12(23-2)6-4-11/h3-6,9H,7-8H2,1-2H3,(H,20,21). The summed E-state index contributed by atoms with van der Waals surface area (Å²) in [6.07, 6.45) is -0.115. The number of carboxylic acids is 1. The second-order valence-electron chi connectivity index (χ2n) is 5.32. The highest BCUT2D eigenvalue weighted by atomic mass is 32.1. The number of ether oxygens (including phenoxy) is 1. The molecule has 0 atom stereocenters. The number of aromatic nitrogens is 2. The monoisotopic (exact) mass is 344 g/mol. The highest BCUT2D eigenvalue weighted by Crippen LogP contribution is 2.31. The summed E-state index contributed by atoms with van der Waals surface area (Å²) in [6, 6.07) is 7.45. The third-order valence-corrected chi connectivity index (χ3v) is 4.71. The van der Waals surface area contributed by atoms with E-state index in [1.807, 2.05) is 29.6 Å². The maximum Gasteiger partial charge on any atom is 0.305 e. The van der Waals surface area contributed by atoms with Crippen molar-refractivity contribution in [1.29, 1.82) is 0 Å². The van der Waals surface area contributed by atoms with Gasteiger partial charge in [-0.2, -0.15) is 0 Å². The van der Waals surface area contributed by atoms with Crippen molar-refractivity contribution in [2.75, 3.05) is 7.11 Å². The Bertz CT molecular complexity index is 957. The Morgan fingerprint density at radius 1 is 1.33 bits per heavy atom. The second-order valence-corrected chi connectivity index (χ2v) is 6.18. The van der Waals surface area contributed by atoms with Crippen LogP contribution in [0.25, 0.3) is 21.3 Å². The molecule has 0 saturated heterocycles. The summed E-state index contributed by atoms with van der Waals surface area (Å²) in [4.78, 5) is 28.8. The lowest BCUT2D eigenvalue weighted by molar-refractivity contribution is -0.137. The summed E-state index contributed by atoms with van der Waals surface area (Å²) in [7, 11) is 1.60. The Balaban J connectivity index is 2.14. The number of methoxy groups -OCH3 is 1. The van der Waals surface area contributed by atoms with Crippen LogP contribution >= 0.6 is 11.3 Å². The Morgan fingerprint density at radius 2 is 2.04 bits per heavy atom. The van der Waals surface area contributed by atoms with E-state index >= 15 is 0 Å². The first-order valence-corrected chi connectivity index (χ1v) is 8.24. The lowest BCUT2D eigenvalue weighted by Gasteiger charge is -2.09. The smallest absolute Gasteiger partial charge is 0.305 e. The summed E-state index contributed by atoms with van der Waals surface area (Å²) in [5.41, 5.74) is 1.50. The van der Waals surface area contributed by atoms with Gasteiger partial charge < -0.3 is 9.84 Å². The average molecular weight is 344 g/mol. The molecule has 3 rings (SSSR count). The first kappa shape index (κ1) is 16.2. The minimum absolute atomic E-state index is 0.112. The van der Waals surface area contributed by atoms with Gasteiger partial charge in [-0.15, -0.1) is 11.3 Å². The van der Waals surface area contributed by atoms with E-state index in [4.69, 9.17) is 9.84 Å². The lowest BCUT2D eigenvalue weighted by atomic mass is 10.1. The number of aliphatic carboxylic acids is 1. The summed E-state index contributed by atoms with van der Waals surface area (Å²) in [5, 5.41) is 11.3. The quantitative estimate of drug-likeness (QED) is 0.769. The maximum absolute atomic E-state index is 12.9. The molecule has 0 saturated carbocycles. The van der Waals surface area contributed by atoms with Gasteiger partial charge in [0.1, 0.15) is 16.4 Å². The normalized spacial score (nSPS) is 10.9. The molecule has 0 bridgehead atoms. The number of thiophene rings is 1. The van der Waals surface area contributed by atoms with Crippen LogP contribution in [0.15, 0.2) is 34.4 Å². The molecule has 6 nitrogen and oxygen atoms in total. The van der Waals surface area contributed by atoms with Gasteiger partial charge in [-0.1, -0.05) is 12.1 Å². The molecule has 0 unspecified atom stereocenters. The van der Waals surface area contributed by atoms with E-state index in [1.165, 1.54) is 15.9 Å². The van der Waals surface area contributed by atoms with E-state index in [0.717, 1.165) is 16.9 Å². The number of carboxylic acid groups (broad SMARTS) is 1. The average Bonchev–Trinajstić information content (AvgIpc) is 2.98. The van der Waals surface area contributed by atoms with Crippen LogP contribution in [0.5, 0.6) is 5.75 Å². The molecule has 0 radical (unpaired) electrons. The van der Waals surface area contributed by atoms with Gasteiger partial charge in [-0.3, -0.25) is 14.2 Å². The number of fused-ring (bicyclic) bond motifs is 1. The molecule has 0 spiro atoms. The van der Waals surface area contributed by atoms with Gasteiger partial charge in [0.15, 0.2) is 0 Å². The highest BCUT2D eigenvalue weighted by molar-refractivity contribution is 7.17. The summed E-state index contributed by atoms with van der Waals surface area (Å²) in [6.45, 7) is 1.83. The summed E-state index contributed by atoms with van der Waals surface area (Å²) >= 11 is 1.41. The highest BCUT2D eigenvalue weighted by Gasteiger charge is 2.16. The van der Waals surface area contributed by atoms with E-state index < -0.39 is 5.97 Å². The van der Waals surface area contributed by atoms with Crippen LogP contribution in [0, 0.1) is 6.92 Å². The molecule has 1 N–H and O–H groups in total. The molecule has 2 heterocycles. The first-order valence-electron chi connectivity index (χ1n) is 7.36. The van der Waals surface area contributed by atoms with Crippen molar-refractivity contribution in [3.05, 3.63) is 45.8 Å². The van der Waals surface area contributed by atoms with E-state index in [9.17, 15) is 9.59 Å². The molecule has 2 aromatic heterocycles. The molecule has 7 heteroatoms. The number of rotatable bonds is 5. The molecule has 0 aliphatic carbocycles. The molecule has 24 heavy (non-hydrogen) atoms. The molecular formula is C17H16N2O4S. The van der Waals surface area contributed by atoms with Gasteiger partial charge in [-0.05, 0) is 24.6 Å².